The number of esters is 1. The number of fused-ring (bicyclic) bond motifs is 1. The minimum atomic E-state index is -0.430. The van der Waals surface area contributed by atoms with E-state index in [1.807, 2.05) is 61.5 Å². The third kappa shape index (κ3) is 4.65. The van der Waals surface area contributed by atoms with Crippen molar-refractivity contribution < 1.29 is 9.53 Å². The number of ether oxygens (including phenoxy) is 1. The van der Waals surface area contributed by atoms with Crippen molar-refractivity contribution in [1.82, 2.24) is 25.2 Å². The van der Waals surface area contributed by atoms with Crippen LogP contribution in [0.3, 0.4) is 0 Å². The first-order valence-electron chi connectivity index (χ1n) is 12.1. The van der Waals surface area contributed by atoms with Gasteiger partial charge in [0.15, 0.2) is 0 Å². The Morgan fingerprint density at radius 1 is 1.00 bits per heavy atom. The molecule has 2 aromatic heterocycles. The Morgan fingerprint density at radius 3 is 2.41 bits per heavy atom. The molecule has 37 heavy (non-hydrogen) atoms. The van der Waals surface area contributed by atoms with Crippen LogP contribution in [0.2, 0.25) is 0 Å². The Morgan fingerprint density at radius 2 is 1.73 bits per heavy atom. The molecular formula is C29H27N5O3. The van der Waals surface area contributed by atoms with E-state index in [2.05, 4.69) is 39.7 Å². The summed E-state index contributed by atoms with van der Waals surface area (Å²) >= 11 is 0. The van der Waals surface area contributed by atoms with Crippen LogP contribution in [0, 0.1) is 6.92 Å². The van der Waals surface area contributed by atoms with Gasteiger partial charge in [0, 0.05) is 16.5 Å². The smallest absolute Gasteiger partial charge is 0.310 e. The lowest BCUT2D eigenvalue weighted by atomic mass is 9.97. The van der Waals surface area contributed by atoms with E-state index in [0.29, 0.717) is 17.9 Å². The zero-order valence-electron chi connectivity index (χ0n) is 21.0. The molecule has 0 saturated carbocycles. The van der Waals surface area contributed by atoms with Crippen molar-refractivity contribution in [3.05, 3.63) is 99.3 Å². The van der Waals surface area contributed by atoms with E-state index < -0.39 is 5.97 Å². The lowest BCUT2D eigenvalue weighted by Gasteiger charge is -2.17. The van der Waals surface area contributed by atoms with Gasteiger partial charge >= 0.3 is 5.97 Å². The van der Waals surface area contributed by atoms with Gasteiger partial charge in [-0.1, -0.05) is 67.6 Å². The molecule has 0 aliphatic heterocycles. The first kappa shape index (κ1) is 24.1. The summed E-state index contributed by atoms with van der Waals surface area (Å²) in [5.41, 5.74) is 6.97. The van der Waals surface area contributed by atoms with Crippen molar-refractivity contribution in [3.63, 3.8) is 0 Å². The Balaban J connectivity index is 1.57. The van der Waals surface area contributed by atoms with Crippen molar-refractivity contribution in [3.8, 4) is 22.5 Å². The van der Waals surface area contributed by atoms with Gasteiger partial charge in [0.05, 0.1) is 25.6 Å². The molecule has 0 aliphatic carbocycles. The molecule has 5 aromatic rings. The van der Waals surface area contributed by atoms with Crippen molar-refractivity contribution in [2.75, 3.05) is 7.11 Å². The number of methoxy groups -OCH3 is 1. The number of carbonyl (C=O) groups is 1. The van der Waals surface area contributed by atoms with Crippen LogP contribution in [0.4, 0.5) is 0 Å². The van der Waals surface area contributed by atoms with Crippen LogP contribution < -0.4 is 5.56 Å². The molecule has 0 spiro atoms. The van der Waals surface area contributed by atoms with Gasteiger partial charge in [0.2, 0.25) is 5.82 Å². The molecule has 5 rings (SSSR count). The monoisotopic (exact) mass is 493 g/mol. The molecule has 0 bridgehead atoms. The maximum absolute atomic E-state index is 13.7. The fourth-order valence-corrected chi connectivity index (χ4v) is 4.69. The number of rotatable bonds is 7. The summed E-state index contributed by atoms with van der Waals surface area (Å²) in [6.07, 6.45) is 0.806. The molecule has 8 nitrogen and oxygen atoms in total. The highest BCUT2D eigenvalue weighted by atomic mass is 16.5. The topological polar surface area (TPSA) is 103 Å². The molecule has 0 fully saturated rings. The van der Waals surface area contributed by atoms with Crippen LogP contribution in [-0.2, 0) is 28.9 Å². The molecule has 0 saturated heterocycles. The van der Waals surface area contributed by atoms with E-state index in [4.69, 9.17) is 4.74 Å². The summed E-state index contributed by atoms with van der Waals surface area (Å²) in [4.78, 5) is 25.7. The zero-order chi connectivity index (χ0) is 25.9. The van der Waals surface area contributed by atoms with Gasteiger partial charge in [-0.2, -0.15) is 5.21 Å². The van der Waals surface area contributed by atoms with Gasteiger partial charge in [-0.3, -0.25) is 9.59 Å². The molecule has 0 amide bonds. The molecule has 0 unspecified atom stereocenters. The maximum Gasteiger partial charge on any atom is 0.310 e. The van der Waals surface area contributed by atoms with Gasteiger partial charge in [-0.25, -0.2) is 0 Å². The number of aromatic amines is 1. The van der Waals surface area contributed by atoms with Gasteiger partial charge in [-0.05, 0) is 52.4 Å². The lowest BCUT2D eigenvalue weighted by Crippen LogP contribution is -2.28. The highest BCUT2D eigenvalue weighted by Crippen LogP contribution is 2.30. The SMILES string of the molecule is CCc1ccc2c(C)c(CC(=O)OC)c(=O)n(Cc3ccc(-c4ccccc4-c4nn[nH]n4)cc3)c2c1. The lowest BCUT2D eigenvalue weighted by molar-refractivity contribution is -0.139. The molecule has 0 aliphatic rings. The number of carbonyl (C=O) groups excluding carboxylic acids is 1. The summed E-state index contributed by atoms with van der Waals surface area (Å²) in [6.45, 7) is 4.37. The van der Waals surface area contributed by atoms with Crippen LogP contribution in [-0.4, -0.2) is 38.3 Å². The van der Waals surface area contributed by atoms with Crippen molar-refractivity contribution >= 4 is 16.9 Å². The minimum Gasteiger partial charge on any atom is -0.469 e. The van der Waals surface area contributed by atoms with Gasteiger partial charge < -0.3 is 9.30 Å². The minimum absolute atomic E-state index is 0.0571. The molecule has 3 aromatic carbocycles. The normalized spacial score (nSPS) is 11.1. The second kappa shape index (κ2) is 10.2. The van der Waals surface area contributed by atoms with E-state index in [1.165, 1.54) is 7.11 Å². The first-order valence-corrected chi connectivity index (χ1v) is 12.1. The van der Waals surface area contributed by atoms with Crippen LogP contribution >= 0.6 is 0 Å². The quantitative estimate of drug-likeness (QED) is 0.335. The summed E-state index contributed by atoms with van der Waals surface area (Å²) in [7, 11) is 1.34. The van der Waals surface area contributed by atoms with Crippen LogP contribution in [0.5, 0.6) is 0 Å². The Kier molecular flexibility index (Phi) is 6.64. The van der Waals surface area contributed by atoms with Crippen molar-refractivity contribution in [2.24, 2.45) is 0 Å². The van der Waals surface area contributed by atoms with Gasteiger partial charge in [0.1, 0.15) is 0 Å². The molecule has 0 radical (unpaired) electrons. The molecule has 0 atom stereocenters. The molecular weight excluding hydrogens is 466 g/mol. The highest BCUT2D eigenvalue weighted by molar-refractivity contribution is 5.86. The first-order chi connectivity index (χ1) is 18.0. The largest absolute Gasteiger partial charge is 0.469 e. The Hall–Kier alpha value is -4.59. The molecule has 8 heteroatoms. The van der Waals surface area contributed by atoms with E-state index in [1.54, 1.807) is 4.57 Å². The van der Waals surface area contributed by atoms with E-state index in [-0.39, 0.29) is 12.0 Å². The standard InChI is InChI=1S/C29H27N5O3/c1-4-19-11-14-22-18(2)25(16-27(35)37-3)29(36)34(26(22)15-19)17-20-9-12-21(13-10-20)23-7-5-6-8-24(23)28-30-32-33-31-28/h5-15H,4,16-17H2,1-3H3,(H,30,31,32,33). The van der Waals surface area contributed by atoms with Crippen molar-refractivity contribution in [1.29, 1.82) is 0 Å². The average Bonchev–Trinajstić information content (AvgIpc) is 3.48. The summed E-state index contributed by atoms with van der Waals surface area (Å²) in [5, 5.41) is 15.4. The third-order valence-electron chi connectivity index (χ3n) is 6.79. The van der Waals surface area contributed by atoms with Crippen LogP contribution in [0.1, 0.15) is 29.2 Å². The maximum atomic E-state index is 13.7. The Labute approximate surface area is 213 Å². The predicted molar refractivity (Wildman–Crippen MR) is 142 cm³/mol. The predicted octanol–water partition coefficient (Wildman–Crippen LogP) is 4.48. The average molecular weight is 494 g/mol. The van der Waals surface area contributed by atoms with Gasteiger partial charge in [0.25, 0.3) is 5.56 Å². The van der Waals surface area contributed by atoms with Gasteiger partial charge in [-0.15, -0.1) is 10.2 Å². The number of tetrazole rings is 1. The fourth-order valence-electron chi connectivity index (χ4n) is 4.69. The highest BCUT2D eigenvalue weighted by Gasteiger charge is 2.18. The zero-order valence-corrected chi connectivity index (χ0v) is 21.0. The second-order valence-corrected chi connectivity index (χ2v) is 8.93. The fraction of sp³-hybridized carbons (Fsp3) is 0.207. The van der Waals surface area contributed by atoms with Crippen LogP contribution in [0.25, 0.3) is 33.4 Å². The van der Waals surface area contributed by atoms with Crippen molar-refractivity contribution in [2.45, 2.75) is 33.2 Å². The molecule has 2 heterocycles. The van der Waals surface area contributed by atoms with E-state index >= 15 is 0 Å². The number of aryl methyl sites for hydroxylation is 2. The molecule has 1 N–H and O–H groups in total. The summed E-state index contributed by atoms with van der Waals surface area (Å²) < 4.78 is 6.63. The Bertz CT molecular complexity index is 1640. The number of nitrogens with zero attached hydrogens (tertiary/aromatic N) is 4. The second-order valence-electron chi connectivity index (χ2n) is 8.93. The number of pyridine rings is 1. The third-order valence-corrected chi connectivity index (χ3v) is 6.79. The number of nitrogens with one attached hydrogen (secondary N) is 1. The van der Waals surface area contributed by atoms with Crippen LogP contribution in [0.15, 0.2) is 71.5 Å². The number of hydrogen-bond donors (Lipinski definition) is 1. The number of H-pyrrole nitrogens is 1. The van der Waals surface area contributed by atoms with E-state index in [0.717, 1.165) is 50.7 Å². The number of hydrogen-bond acceptors (Lipinski definition) is 6. The number of aromatic nitrogens is 5. The summed E-state index contributed by atoms with van der Waals surface area (Å²) in [5.74, 6) is 0.100. The number of benzene rings is 3. The van der Waals surface area contributed by atoms with E-state index in [9.17, 15) is 9.59 Å². The molecule has 186 valence electrons. The summed E-state index contributed by atoms with van der Waals surface area (Å²) in [6, 6.07) is 22.2.